The van der Waals surface area contributed by atoms with Gasteiger partial charge in [-0.2, -0.15) is 0 Å². The third kappa shape index (κ3) is 5.61. The van der Waals surface area contributed by atoms with E-state index in [0.717, 1.165) is 51.9 Å². The molecule has 5 nitrogen and oxygen atoms in total. The lowest BCUT2D eigenvalue weighted by Gasteiger charge is -2.30. The smallest absolute Gasteiger partial charge is 0.291 e. The van der Waals surface area contributed by atoms with Gasteiger partial charge in [0.05, 0.1) is 0 Å². The largest absolute Gasteiger partial charge is 0.322 e. The van der Waals surface area contributed by atoms with Crippen molar-refractivity contribution < 1.29 is 13.6 Å². The third-order valence-corrected chi connectivity index (χ3v) is 5.56. The van der Waals surface area contributed by atoms with E-state index < -0.39 is 8.25 Å². The molecule has 0 bridgehead atoms. The predicted molar refractivity (Wildman–Crippen MR) is 90.2 cm³/mol. The third-order valence-electron chi connectivity index (χ3n) is 4.63. The lowest BCUT2D eigenvalue weighted by Crippen LogP contribution is -2.35. The minimum atomic E-state index is -2.44. The molecule has 2 fully saturated rings. The van der Waals surface area contributed by atoms with E-state index in [2.05, 4.69) is 23.6 Å². The summed E-state index contributed by atoms with van der Waals surface area (Å²) in [7, 11) is -2.44. The molecule has 0 aliphatic carbocycles. The van der Waals surface area contributed by atoms with Crippen LogP contribution >= 0.6 is 8.25 Å². The average molecular weight is 332 g/mol. The summed E-state index contributed by atoms with van der Waals surface area (Å²) in [4.78, 5) is 4.64. The van der Waals surface area contributed by atoms with Crippen LogP contribution in [0.1, 0.15) is 65.2 Å². The van der Waals surface area contributed by atoms with E-state index in [0.29, 0.717) is 0 Å². The molecule has 2 aliphatic heterocycles. The standard InChI is InChI=1S/C16H33N2O3P/c1-3-9-15(17-11-5-6-12-17)20-22(19)21-16(10-4-2)18-13-7-8-14-18/h15-16,22H,3-14H2,1-2H3. The van der Waals surface area contributed by atoms with Crippen molar-refractivity contribution in [3.8, 4) is 0 Å². The van der Waals surface area contributed by atoms with Gasteiger partial charge in [-0.05, 0) is 38.5 Å². The van der Waals surface area contributed by atoms with Crippen LogP contribution < -0.4 is 0 Å². The highest BCUT2D eigenvalue weighted by Crippen LogP contribution is 2.34. The summed E-state index contributed by atoms with van der Waals surface area (Å²) in [6.07, 6.45) is 8.77. The van der Waals surface area contributed by atoms with Crippen LogP contribution in [0.25, 0.3) is 0 Å². The van der Waals surface area contributed by atoms with Crippen molar-refractivity contribution >= 4 is 8.25 Å². The zero-order valence-corrected chi connectivity index (χ0v) is 15.3. The maximum absolute atomic E-state index is 12.4. The maximum atomic E-state index is 12.4. The van der Waals surface area contributed by atoms with E-state index in [4.69, 9.17) is 9.05 Å². The number of hydrogen-bond donors (Lipinski definition) is 0. The predicted octanol–water partition coefficient (Wildman–Crippen LogP) is 3.85. The second-order valence-corrected chi connectivity index (χ2v) is 7.43. The fraction of sp³-hybridized carbons (Fsp3) is 1.00. The normalized spacial score (nSPS) is 24.6. The fourth-order valence-electron chi connectivity index (χ4n) is 3.44. The molecule has 2 saturated heterocycles. The molecule has 0 aromatic rings. The molecule has 2 aliphatic rings. The van der Waals surface area contributed by atoms with Gasteiger partial charge in [0, 0.05) is 26.2 Å². The first-order chi connectivity index (χ1) is 10.7. The van der Waals surface area contributed by atoms with E-state index in [9.17, 15) is 4.57 Å². The Balaban J connectivity index is 1.84. The summed E-state index contributed by atoms with van der Waals surface area (Å²) >= 11 is 0. The maximum Gasteiger partial charge on any atom is 0.322 e. The van der Waals surface area contributed by atoms with E-state index in [1.165, 1.54) is 25.7 Å². The Morgan fingerprint density at radius 1 is 0.818 bits per heavy atom. The van der Waals surface area contributed by atoms with Crippen molar-refractivity contribution in [1.82, 2.24) is 9.80 Å². The van der Waals surface area contributed by atoms with Crippen LogP contribution in [0.4, 0.5) is 0 Å². The SMILES string of the molecule is CCCC(O[PH](=O)OC(CCC)N1CCCC1)N1CCCC1. The molecule has 2 heterocycles. The molecule has 6 heteroatoms. The lowest BCUT2D eigenvalue weighted by atomic mass is 10.3. The zero-order valence-electron chi connectivity index (χ0n) is 14.3. The van der Waals surface area contributed by atoms with Crippen molar-refractivity contribution in [2.45, 2.75) is 77.7 Å². The average Bonchev–Trinajstić information content (AvgIpc) is 3.20. The van der Waals surface area contributed by atoms with Crippen LogP contribution in [0.2, 0.25) is 0 Å². The Bertz CT molecular complexity index is 301. The molecule has 22 heavy (non-hydrogen) atoms. The van der Waals surface area contributed by atoms with Crippen LogP contribution in [0.15, 0.2) is 0 Å². The summed E-state index contributed by atoms with van der Waals surface area (Å²) in [6, 6.07) is 0. The highest BCUT2D eigenvalue weighted by molar-refractivity contribution is 7.33. The van der Waals surface area contributed by atoms with E-state index in [-0.39, 0.29) is 12.5 Å². The van der Waals surface area contributed by atoms with Gasteiger partial charge in [0.15, 0.2) is 0 Å². The lowest BCUT2D eigenvalue weighted by molar-refractivity contribution is -0.00908. The van der Waals surface area contributed by atoms with E-state index in [1.807, 2.05) is 0 Å². The van der Waals surface area contributed by atoms with Crippen LogP contribution in [0.3, 0.4) is 0 Å². The molecule has 0 aromatic carbocycles. The highest BCUT2D eigenvalue weighted by Gasteiger charge is 2.27. The molecular weight excluding hydrogens is 299 g/mol. The molecule has 130 valence electrons. The van der Waals surface area contributed by atoms with Gasteiger partial charge in [0.25, 0.3) is 0 Å². The van der Waals surface area contributed by atoms with Crippen molar-refractivity contribution in [3.63, 3.8) is 0 Å². The van der Waals surface area contributed by atoms with Gasteiger partial charge in [-0.25, -0.2) is 0 Å². The van der Waals surface area contributed by atoms with Gasteiger partial charge in [-0.15, -0.1) is 0 Å². The molecule has 0 radical (unpaired) electrons. The van der Waals surface area contributed by atoms with Crippen LogP contribution in [-0.4, -0.2) is 48.4 Å². The van der Waals surface area contributed by atoms with Crippen molar-refractivity contribution in [2.24, 2.45) is 0 Å². The van der Waals surface area contributed by atoms with Crippen LogP contribution in [-0.2, 0) is 13.6 Å². The molecule has 0 aromatic heterocycles. The molecular formula is C16H33N2O3P. The van der Waals surface area contributed by atoms with Gasteiger partial charge in [0.2, 0.25) is 0 Å². The Kier molecular flexibility index (Phi) is 8.40. The molecule has 0 amide bonds. The first-order valence-electron chi connectivity index (χ1n) is 9.10. The fourth-order valence-corrected chi connectivity index (χ4v) is 4.47. The number of hydrogen-bond acceptors (Lipinski definition) is 5. The van der Waals surface area contributed by atoms with Gasteiger partial charge >= 0.3 is 8.25 Å². The van der Waals surface area contributed by atoms with Crippen molar-refractivity contribution in [2.75, 3.05) is 26.2 Å². The zero-order chi connectivity index (χ0) is 15.8. The van der Waals surface area contributed by atoms with Gasteiger partial charge in [-0.3, -0.25) is 23.4 Å². The molecule has 2 rings (SSSR count). The number of rotatable bonds is 10. The summed E-state index contributed by atoms with van der Waals surface area (Å²) in [6.45, 7) is 8.53. The monoisotopic (exact) mass is 332 g/mol. The van der Waals surface area contributed by atoms with Crippen LogP contribution in [0, 0.1) is 0 Å². The molecule has 0 N–H and O–H groups in total. The minimum Gasteiger partial charge on any atom is -0.291 e. The van der Waals surface area contributed by atoms with Gasteiger partial charge in [-0.1, -0.05) is 26.7 Å². The molecule has 2 atom stereocenters. The van der Waals surface area contributed by atoms with Crippen LogP contribution in [0.5, 0.6) is 0 Å². The minimum absolute atomic E-state index is 0.0280. The van der Waals surface area contributed by atoms with Crippen molar-refractivity contribution in [1.29, 1.82) is 0 Å². The molecule has 2 unspecified atom stereocenters. The van der Waals surface area contributed by atoms with E-state index >= 15 is 0 Å². The Hall–Kier alpha value is 0.0700. The topological polar surface area (TPSA) is 42.0 Å². The Labute approximate surface area is 136 Å². The first kappa shape index (κ1) is 18.4. The number of nitrogens with zero attached hydrogens (tertiary/aromatic N) is 2. The quantitative estimate of drug-likeness (QED) is 0.568. The molecule has 0 saturated carbocycles. The summed E-state index contributed by atoms with van der Waals surface area (Å²) in [5, 5.41) is 0. The first-order valence-corrected chi connectivity index (χ1v) is 10.3. The summed E-state index contributed by atoms with van der Waals surface area (Å²) < 4.78 is 24.1. The van der Waals surface area contributed by atoms with E-state index in [1.54, 1.807) is 0 Å². The van der Waals surface area contributed by atoms with Crippen molar-refractivity contribution in [3.05, 3.63) is 0 Å². The second kappa shape index (κ2) is 10.0. The Morgan fingerprint density at radius 2 is 1.18 bits per heavy atom. The number of likely N-dealkylation sites (tertiary alicyclic amines) is 2. The van der Waals surface area contributed by atoms with Gasteiger partial charge in [0.1, 0.15) is 12.5 Å². The summed E-state index contributed by atoms with van der Waals surface area (Å²) in [5.41, 5.74) is 0. The second-order valence-electron chi connectivity index (χ2n) is 6.46. The Morgan fingerprint density at radius 3 is 1.50 bits per heavy atom. The summed E-state index contributed by atoms with van der Waals surface area (Å²) in [5.74, 6) is 0. The molecule has 0 spiro atoms. The van der Waals surface area contributed by atoms with Gasteiger partial charge < -0.3 is 0 Å². The highest BCUT2D eigenvalue weighted by atomic mass is 31.1.